The molecule has 0 radical (unpaired) electrons. The van der Waals surface area contributed by atoms with E-state index in [0.29, 0.717) is 17.1 Å². The Balaban J connectivity index is 2.52. The van der Waals surface area contributed by atoms with Crippen molar-refractivity contribution < 1.29 is 18.3 Å². The molecule has 0 saturated heterocycles. The molecule has 7 heteroatoms. The number of aliphatic hydroxyl groups excluding tert-OH is 1. The molecule has 0 unspecified atom stereocenters. The zero-order chi connectivity index (χ0) is 13.3. The van der Waals surface area contributed by atoms with Crippen molar-refractivity contribution in [3.05, 3.63) is 39.2 Å². The predicted octanol–water partition coefficient (Wildman–Crippen LogP) is 4.08. The van der Waals surface area contributed by atoms with E-state index in [0.717, 1.165) is 4.47 Å². The SMILES string of the molecule is OCc1c(-c2ccc(Br)cc2)nsc1C(F)(F)F. The van der Waals surface area contributed by atoms with Crippen molar-refractivity contribution in [2.75, 3.05) is 0 Å². The second-order valence-electron chi connectivity index (χ2n) is 3.50. The normalized spacial score (nSPS) is 11.8. The van der Waals surface area contributed by atoms with E-state index < -0.39 is 17.7 Å². The Morgan fingerprint density at radius 2 is 1.83 bits per heavy atom. The van der Waals surface area contributed by atoms with Crippen molar-refractivity contribution in [1.29, 1.82) is 0 Å². The molecule has 2 nitrogen and oxygen atoms in total. The molecular formula is C11H7BrF3NOS. The van der Waals surface area contributed by atoms with Gasteiger partial charge < -0.3 is 5.11 Å². The minimum atomic E-state index is -4.48. The molecule has 0 amide bonds. The monoisotopic (exact) mass is 337 g/mol. The lowest BCUT2D eigenvalue weighted by Gasteiger charge is -2.06. The lowest BCUT2D eigenvalue weighted by Crippen LogP contribution is -2.05. The summed E-state index contributed by atoms with van der Waals surface area (Å²) in [5.41, 5.74) is 0.561. The topological polar surface area (TPSA) is 33.1 Å². The van der Waals surface area contributed by atoms with Crippen LogP contribution in [0.2, 0.25) is 0 Å². The summed E-state index contributed by atoms with van der Waals surface area (Å²) in [6.07, 6.45) is -4.48. The summed E-state index contributed by atoms with van der Waals surface area (Å²) in [7, 11) is 0. The van der Waals surface area contributed by atoms with Crippen molar-refractivity contribution in [2.24, 2.45) is 0 Å². The van der Waals surface area contributed by atoms with Gasteiger partial charge in [0, 0.05) is 15.6 Å². The quantitative estimate of drug-likeness (QED) is 0.895. The van der Waals surface area contributed by atoms with E-state index in [1.54, 1.807) is 24.3 Å². The Kier molecular flexibility index (Phi) is 3.74. The lowest BCUT2D eigenvalue weighted by atomic mass is 10.1. The molecule has 18 heavy (non-hydrogen) atoms. The molecule has 0 aliphatic carbocycles. The minimum absolute atomic E-state index is 0.171. The van der Waals surface area contributed by atoms with Crippen molar-refractivity contribution in [3.63, 3.8) is 0 Å². The van der Waals surface area contributed by atoms with Gasteiger partial charge in [-0.3, -0.25) is 0 Å². The van der Waals surface area contributed by atoms with Crippen molar-refractivity contribution in [1.82, 2.24) is 4.37 Å². The first kappa shape index (κ1) is 13.5. The van der Waals surface area contributed by atoms with Crippen LogP contribution in [0.4, 0.5) is 13.2 Å². The summed E-state index contributed by atoms with van der Waals surface area (Å²) >= 11 is 3.60. The number of hydrogen-bond acceptors (Lipinski definition) is 3. The number of hydrogen-bond donors (Lipinski definition) is 1. The second kappa shape index (κ2) is 4.99. The van der Waals surface area contributed by atoms with Gasteiger partial charge in [0.25, 0.3) is 0 Å². The van der Waals surface area contributed by atoms with Gasteiger partial charge in [-0.15, -0.1) is 0 Å². The molecule has 0 atom stereocenters. The van der Waals surface area contributed by atoms with Gasteiger partial charge in [-0.1, -0.05) is 28.1 Å². The number of alkyl halides is 3. The fourth-order valence-corrected chi connectivity index (χ4v) is 2.55. The number of aliphatic hydroxyl groups is 1. The van der Waals surface area contributed by atoms with Crippen LogP contribution < -0.4 is 0 Å². The summed E-state index contributed by atoms with van der Waals surface area (Å²) in [6.45, 7) is -0.684. The van der Waals surface area contributed by atoms with Crippen LogP contribution in [0.15, 0.2) is 28.7 Å². The van der Waals surface area contributed by atoms with Gasteiger partial charge in [-0.05, 0) is 23.7 Å². The van der Waals surface area contributed by atoms with E-state index in [9.17, 15) is 13.2 Å². The van der Waals surface area contributed by atoms with Crippen LogP contribution >= 0.6 is 27.5 Å². The van der Waals surface area contributed by atoms with Gasteiger partial charge in [0.05, 0.1) is 12.3 Å². The van der Waals surface area contributed by atoms with Gasteiger partial charge in [-0.25, -0.2) is 0 Å². The van der Waals surface area contributed by atoms with Gasteiger partial charge in [0.1, 0.15) is 4.88 Å². The van der Waals surface area contributed by atoms with E-state index in [2.05, 4.69) is 20.3 Å². The third-order valence-electron chi connectivity index (χ3n) is 2.32. The fraction of sp³-hybridized carbons (Fsp3) is 0.182. The van der Waals surface area contributed by atoms with Crippen LogP contribution in [0.1, 0.15) is 10.4 Å². The first-order valence-electron chi connectivity index (χ1n) is 4.86. The van der Waals surface area contributed by atoms with Gasteiger partial charge >= 0.3 is 6.18 Å². The number of nitrogens with zero attached hydrogens (tertiary/aromatic N) is 1. The van der Waals surface area contributed by atoms with Gasteiger partial charge in [-0.2, -0.15) is 17.5 Å². The molecule has 0 aliphatic rings. The number of rotatable bonds is 2. The maximum absolute atomic E-state index is 12.7. The van der Waals surface area contributed by atoms with Crippen LogP contribution in [0, 0.1) is 0 Å². The molecule has 1 aromatic heterocycles. The minimum Gasteiger partial charge on any atom is -0.392 e. The third-order valence-corrected chi connectivity index (χ3v) is 3.78. The molecule has 0 bridgehead atoms. The Labute approximate surface area is 113 Å². The van der Waals surface area contributed by atoms with Crippen LogP contribution in [0.5, 0.6) is 0 Å². The largest absolute Gasteiger partial charge is 0.427 e. The van der Waals surface area contributed by atoms with E-state index in [4.69, 9.17) is 5.11 Å². The van der Waals surface area contributed by atoms with Crippen LogP contribution in [0.25, 0.3) is 11.3 Å². The highest BCUT2D eigenvalue weighted by atomic mass is 79.9. The highest BCUT2D eigenvalue weighted by Crippen LogP contribution is 2.39. The zero-order valence-electron chi connectivity index (χ0n) is 8.83. The summed E-state index contributed by atoms with van der Waals surface area (Å²) in [4.78, 5) is -0.845. The lowest BCUT2D eigenvalue weighted by molar-refractivity contribution is -0.135. The summed E-state index contributed by atoms with van der Waals surface area (Å²) < 4.78 is 42.7. The fourth-order valence-electron chi connectivity index (χ4n) is 1.51. The average molecular weight is 338 g/mol. The summed E-state index contributed by atoms with van der Waals surface area (Å²) in [5.74, 6) is 0. The molecule has 96 valence electrons. The maximum Gasteiger partial charge on any atom is 0.427 e. The molecule has 2 rings (SSSR count). The Hall–Kier alpha value is -0.920. The summed E-state index contributed by atoms with van der Waals surface area (Å²) in [6, 6.07) is 6.73. The maximum atomic E-state index is 12.7. The van der Waals surface area contributed by atoms with Crippen LogP contribution in [-0.2, 0) is 12.8 Å². The first-order chi connectivity index (χ1) is 8.43. The Bertz CT molecular complexity index is 550. The zero-order valence-corrected chi connectivity index (χ0v) is 11.2. The second-order valence-corrected chi connectivity index (χ2v) is 5.19. The molecular weight excluding hydrogens is 331 g/mol. The van der Waals surface area contributed by atoms with E-state index in [1.165, 1.54) is 0 Å². The molecule has 2 aromatic rings. The van der Waals surface area contributed by atoms with Crippen LogP contribution in [-0.4, -0.2) is 9.48 Å². The molecule has 1 aromatic carbocycles. The van der Waals surface area contributed by atoms with Crippen LogP contribution in [0.3, 0.4) is 0 Å². The standard InChI is InChI=1S/C11H7BrF3NOS/c12-7-3-1-6(2-4-7)9-8(5-17)10(18-16-9)11(13,14)15/h1-4,17H,5H2. The summed E-state index contributed by atoms with van der Waals surface area (Å²) in [5, 5.41) is 9.12. The van der Waals surface area contributed by atoms with Crippen molar-refractivity contribution >= 4 is 27.5 Å². The first-order valence-corrected chi connectivity index (χ1v) is 6.42. The highest BCUT2D eigenvalue weighted by molar-refractivity contribution is 9.10. The average Bonchev–Trinajstić information content (AvgIpc) is 2.73. The van der Waals surface area contributed by atoms with Gasteiger partial charge in [0.2, 0.25) is 0 Å². The molecule has 0 aliphatic heterocycles. The van der Waals surface area contributed by atoms with Crippen molar-refractivity contribution in [3.8, 4) is 11.3 Å². The molecule has 0 spiro atoms. The van der Waals surface area contributed by atoms with Crippen molar-refractivity contribution in [2.45, 2.75) is 12.8 Å². The number of benzene rings is 1. The van der Waals surface area contributed by atoms with Gasteiger partial charge in [0.15, 0.2) is 0 Å². The molecule has 1 heterocycles. The third kappa shape index (κ3) is 2.57. The van der Waals surface area contributed by atoms with E-state index >= 15 is 0 Å². The van der Waals surface area contributed by atoms with E-state index in [1.807, 2.05) is 0 Å². The Morgan fingerprint density at radius 3 is 2.33 bits per heavy atom. The molecule has 1 N–H and O–H groups in total. The molecule has 0 saturated carbocycles. The Morgan fingerprint density at radius 1 is 1.22 bits per heavy atom. The van der Waals surface area contributed by atoms with E-state index in [-0.39, 0.29) is 11.3 Å². The highest BCUT2D eigenvalue weighted by Gasteiger charge is 2.37. The number of aromatic nitrogens is 1. The number of halogens is 4. The molecule has 0 fully saturated rings. The predicted molar refractivity (Wildman–Crippen MR) is 66.2 cm³/mol. The smallest absolute Gasteiger partial charge is 0.392 e.